The smallest absolute Gasteiger partial charge is 0.165 e. The van der Waals surface area contributed by atoms with Crippen molar-refractivity contribution in [2.75, 3.05) is 25.2 Å². The van der Waals surface area contributed by atoms with E-state index < -0.39 is 5.82 Å². The highest BCUT2D eigenvalue weighted by Gasteiger charge is 2.24. The maximum absolute atomic E-state index is 15.5. The maximum atomic E-state index is 15.5. The van der Waals surface area contributed by atoms with Crippen molar-refractivity contribution in [2.45, 2.75) is 46.6 Å². The van der Waals surface area contributed by atoms with Crippen molar-refractivity contribution in [3.8, 4) is 17.2 Å². The number of ketones is 1. The van der Waals surface area contributed by atoms with Crippen LogP contribution in [0, 0.1) is 30.0 Å². The summed E-state index contributed by atoms with van der Waals surface area (Å²) in [7, 11) is 1.85. The van der Waals surface area contributed by atoms with Crippen LogP contribution >= 0.6 is 0 Å². The van der Waals surface area contributed by atoms with Gasteiger partial charge in [-0.15, -0.1) is 0 Å². The Kier molecular flexibility index (Phi) is 8.38. The van der Waals surface area contributed by atoms with Crippen molar-refractivity contribution >= 4 is 23.1 Å². The highest BCUT2D eigenvalue weighted by atomic mass is 19.1. The van der Waals surface area contributed by atoms with Gasteiger partial charge in [0.2, 0.25) is 0 Å². The summed E-state index contributed by atoms with van der Waals surface area (Å²) in [5.41, 5.74) is 6.49. The number of nitriles is 1. The van der Waals surface area contributed by atoms with Gasteiger partial charge in [0.05, 0.1) is 16.9 Å². The first-order valence-corrected chi connectivity index (χ1v) is 13.0. The van der Waals surface area contributed by atoms with Gasteiger partial charge < -0.3 is 9.64 Å². The molecule has 5 nitrogen and oxygen atoms in total. The van der Waals surface area contributed by atoms with E-state index in [1.165, 1.54) is 6.07 Å². The third kappa shape index (κ3) is 5.69. The van der Waals surface area contributed by atoms with Crippen molar-refractivity contribution in [3.05, 3.63) is 82.4 Å². The zero-order valence-electron chi connectivity index (χ0n) is 22.7. The number of carbonyl (C=O) groups is 1. The van der Waals surface area contributed by atoms with E-state index in [9.17, 15) is 10.1 Å². The highest BCUT2D eigenvalue weighted by Crippen LogP contribution is 2.34. The first-order valence-electron chi connectivity index (χ1n) is 13.0. The second-order valence-corrected chi connectivity index (χ2v) is 10.2. The minimum Gasteiger partial charge on any atom is -0.381 e. The van der Waals surface area contributed by atoms with Gasteiger partial charge in [-0.25, -0.2) is 4.39 Å². The van der Waals surface area contributed by atoms with Crippen LogP contribution in [0.1, 0.15) is 66.4 Å². The average molecular weight is 512 g/mol. The second kappa shape index (κ2) is 11.7. The van der Waals surface area contributed by atoms with Gasteiger partial charge >= 0.3 is 0 Å². The molecule has 1 saturated heterocycles. The molecule has 0 aliphatic carbocycles. The fraction of sp³-hybridized carbons (Fsp3) is 0.344. The zero-order valence-corrected chi connectivity index (χ0v) is 22.7. The summed E-state index contributed by atoms with van der Waals surface area (Å²) in [5.74, 6) is -0.333. The number of allylic oxidation sites excluding steroid dienone is 1. The largest absolute Gasteiger partial charge is 0.381 e. The first kappa shape index (κ1) is 27.2. The van der Waals surface area contributed by atoms with Crippen LogP contribution in [0.2, 0.25) is 0 Å². The lowest BCUT2D eigenvalue weighted by Crippen LogP contribution is -2.37. The number of halogens is 1. The summed E-state index contributed by atoms with van der Waals surface area (Å²) in [6.45, 7) is 9.03. The Balaban J connectivity index is 1.66. The molecule has 6 heteroatoms. The molecule has 0 spiro atoms. The summed E-state index contributed by atoms with van der Waals surface area (Å²) in [6.07, 6.45) is 5.31. The molecule has 0 atom stereocenters. The first-order chi connectivity index (χ1) is 18.2. The lowest BCUT2D eigenvalue weighted by atomic mass is 9.95. The molecular weight excluding hydrogens is 477 g/mol. The number of pyridine rings is 1. The second-order valence-electron chi connectivity index (χ2n) is 10.2. The van der Waals surface area contributed by atoms with Crippen LogP contribution < -0.4 is 4.90 Å². The van der Waals surface area contributed by atoms with E-state index in [1.807, 2.05) is 76.1 Å². The zero-order chi connectivity index (χ0) is 27.4. The van der Waals surface area contributed by atoms with E-state index in [1.54, 1.807) is 12.3 Å². The molecule has 0 amide bonds. The van der Waals surface area contributed by atoms with Crippen LogP contribution in [0.3, 0.4) is 0 Å². The fourth-order valence-corrected chi connectivity index (χ4v) is 4.98. The molecule has 0 saturated carbocycles. The Morgan fingerprint density at radius 1 is 1.16 bits per heavy atom. The summed E-state index contributed by atoms with van der Waals surface area (Å²) >= 11 is 0. The van der Waals surface area contributed by atoms with Gasteiger partial charge in [0, 0.05) is 44.0 Å². The highest BCUT2D eigenvalue weighted by molar-refractivity contribution is 5.97. The van der Waals surface area contributed by atoms with Gasteiger partial charge in [0.25, 0.3) is 0 Å². The Morgan fingerprint density at radius 3 is 2.45 bits per heavy atom. The van der Waals surface area contributed by atoms with Crippen LogP contribution in [0.15, 0.2) is 48.7 Å². The molecule has 196 valence electrons. The number of Topliss-reactive ketones (excluding diaryl/α,β-unsaturated/α-hetero) is 1. The Bertz CT molecular complexity index is 1400. The van der Waals surface area contributed by atoms with Gasteiger partial charge in [-0.2, -0.15) is 5.26 Å². The SMILES string of the molecule is C/C(=C\c1nccc(-c2cc(F)c(N(C)C3CCOCC3)c(C#N)c2)c1C)c1ccc(C(=O)C(C)C)cc1. The Labute approximate surface area is 224 Å². The van der Waals surface area contributed by atoms with Crippen LogP contribution in [0.25, 0.3) is 22.8 Å². The minimum absolute atomic E-state index is 0.0465. The summed E-state index contributed by atoms with van der Waals surface area (Å²) in [6, 6.07) is 15.1. The normalized spacial score (nSPS) is 14.4. The van der Waals surface area contributed by atoms with Crippen molar-refractivity contribution in [3.63, 3.8) is 0 Å². The molecule has 38 heavy (non-hydrogen) atoms. The molecule has 2 aromatic carbocycles. The van der Waals surface area contributed by atoms with Gasteiger partial charge in [-0.05, 0) is 78.8 Å². The van der Waals surface area contributed by atoms with Crippen molar-refractivity contribution in [1.82, 2.24) is 4.98 Å². The number of carbonyl (C=O) groups excluding carboxylic acids is 1. The van der Waals surface area contributed by atoms with Gasteiger partial charge in [0.15, 0.2) is 5.78 Å². The van der Waals surface area contributed by atoms with Crippen LogP contribution in [-0.2, 0) is 4.74 Å². The number of rotatable bonds is 7. The van der Waals surface area contributed by atoms with Crippen LogP contribution in [0.5, 0.6) is 0 Å². The number of hydrogen-bond donors (Lipinski definition) is 0. The van der Waals surface area contributed by atoms with E-state index in [0.29, 0.717) is 35.6 Å². The Hall–Kier alpha value is -3.82. The predicted molar refractivity (Wildman–Crippen MR) is 150 cm³/mol. The maximum Gasteiger partial charge on any atom is 0.165 e. The van der Waals surface area contributed by atoms with Gasteiger partial charge in [0.1, 0.15) is 11.9 Å². The molecule has 4 rings (SSSR count). The molecule has 1 fully saturated rings. The number of nitrogens with zero attached hydrogens (tertiary/aromatic N) is 3. The summed E-state index contributed by atoms with van der Waals surface area (Å²) < 4.78 is 21.0. The lowest BCUT2D eigenvalue weighted by Gasteiger charge is -2.33. The van der Waals surface area contributed by atoms with Crippen molar-refractivity contribution in [1.29, 1.82) is 5.26 Å². The molecule has 1 aliphatic heterocycles. The molecule has 0 bridgehead atoms. The summed E-state index contributed by atoms with van der Waals surface area (Å²) in [4.78, 5) is 18.7. The molecular formula is C32H34FN3O2. The van der Waals surface area contributed by atoms with Crippen LogP contribution in [-0.4, -0.2) is 37.1 Å². The molecule has 3 aromatic rings. The lowest BCUT2D eigenvalue weighted by molar-refractivity contribution is 0.0853. The monoisotopic (exact) mass is 511 g/mol. The number of ether oxygens (including phenoxy) is 1. The number of benzene rings is 2. The molecule has 0 radical (unpaired) electrons. The van der Waals surface area contributed by atoms with Crippen LogP contribution in [0.4, 0.5) is 10.1 Å². The number of hydrogen-bond acceptors (Lipinski definition) is 5. The third-order valence-corrected chi connectivity index (χ3v) is 7.33. The topological polar surface area (TPSA) is 66.2 Å². The van der Waals surface area contributed by atoms with E-state index >= 15 is 4.39 Å². The standard InChI is InChI=1S/C32H34FN3O2/c1-20(2)32(37)24-8-6-23(7-9-24)21(3)16-30-22(4)28(10-13-35-30)25-17-26(19-34)31(29(33)18-25)36(5)27-11-14-38-15-12-27/h6-10,13,16-18,20,27H,11-12,14-15H2,1-5H3/b21-16+. The fourth-order valence-electron chi connectivity index (χ4n) is 4.98. The van der Waals surface area contributed by atoms with E-state index in [-0.39, 0.29) is 17.7 Å². The quantitative estimate of drug-likeness (QED) is 0.317. The predicted octanol–water partition coefficient (Wildman–Crippen LogP) is 7.08. The number of anilines is 1. The van der Waals surface area contributed by atoms with E-state index in [2.05, 4.69) is 11.1 Å². The minimum atomic E-state index is -0.409. The van der Waals surface area contributed by atoms with Gasteiger partial charge in [-0.3, -0.25) is 9.78 Å². The van der Waals surface area contributed by atoms with Crippen molar-refractivity contribution in [2.24, 2.45) is 5.92 Å². The molecule has 0 unspecified atom stereocenters. The molecule has 2 heterocycles. The molecule has 1 aromatic heterocycles. The molecule has 0 N–H and O–H groups in total. The third-order valence-electron chi connectivity index (χ3n) is 7.33. The number of aromatic nitrogens is 1. The Morgan fingerprint density at radius 2 is 1.82 bits per heavy atom. The van der Waals surface area contributed by atoms with Crippen molar-refractivity contribution < 1.29 is 13.9 Å². The molecule has 1 aliphatic rings. The van der Waals surface area contributed by atoms with Gasteiger partial charge in [-0.1, -0.05) is 38.1 Å². The van der Waals surface area contributed by atoms with E-state index in [4.69, 9.17) is 4.74 Å². The summed E-state index contributed by atoms with van der Waals surface area (Å²) in [5, 5.41) is 9.90. The average Bonchev–Trinajstić information content (AvgIpc) is 2.93. The van der Waals surface area contributed by atoms with E-state index in [0.717, 1.165) is 40.8 Å².